The van der Waals surface area contributed by atoms with Gasteiger partial charge in [-0.25, -0.2) is 0 Å². The molecule has 7 heteroatoms. The van der Waals surface area contributed by atoms with Crippen molar-refractivity contribution in [2.45, 2.75) is 6.92 Å². The maximum Gasteiger partial charge on any atom is 0.280 e. The fourth-order valence-electron chi connectivity index (χ4n) is 2.65. The molecule has 25 heavy (non-hydrogen) atoms. The second-order valence-corrected chi connectivity index (χ2v) is 6.39. The molecule has 0 spiro atoms. The van der Waals surface area contributed by atoms with Gasteiger partial charge in [0.2, 0.25) is 6.79 Å². The first-order valence-electron chi connectivity index (χ1n) is 7.49. The highest BCUT2D eigenvalue weighted by atomic mass is 35.5. The zero-order valence-electron chi connectivity index (χ0n) is 13.1. The molecule has 0 saturated heterocycles. The zero-order chi connectivity index (χ0) is 17.6. The summed E-state index contributed by atoms with van der Waals surface area (Å²) in [4.78, 5) is 12.8. The quantitative estimate of drug-likeness (QED) is 0.725. The van der Waals surface area contributed by atoms with Crippen LogP contribution in [0.1, 0.15) is 12.5 Å². The number of carbonyl (C=O) groups excluding carboxylic acids is 1. The largest absolute Gasteiger partial charge is 0.454 e. The predicted molar refractivity (Wildman–Crippen MR) is 97.6 cm³/mol. The molecule has 2 heterocycles. The van der Waals surface area contributed by atoms with Gasteiger partial charge in [0.25, 0.3) is 5.91 Å². The summed E-state index contributed by atoms with van der Waals surface area (Å²) in [7, 11) is 0. The average Bonchev–Trinajstić information content (AvgIpc) is 3.16. The number of ether oxygens (including phenoxy) is 2. The van der Waals surface area contributed by atoms with Gasteiger partial charge in [-0.15, -0.1) is 0 Å². The van der Waals surface area contributed by atoms with Crippen LogP contribution in [0.25, 0.3) is 6.08 Å². The molecular weight excluding hydrogens is 363 g/mol. The van der Waals surface area contributed by atoms with Gasteiger partial charge in [0, 0.05) is 0 Å². The van der Waals surface area contributed by atoms with E-state index in [1.807, 2.05) is 18.2 Å². The van der Waals surface area contributed by atoms with Crippen LogP contribution in [0.3, 0.4) is 0 Å². The molecule has 1 amide bonds. The van der Waals surface area contributed by atoms with Crippen molar-refractivity contribution in [3.8, 4) is 11.5 Å². The van der Waals surface area contributed by atoms with Crippen molar-refractivity contribution in [1.82, 2.24) is 0 Å². The number of anilines is 1. The van der Waals surface area contributed by atoms with Crippen LogP contribution < -0.4 is 14.5 Å². The van der Waals surface area contributed by atoms with E-state index in [0.717, 1.165) is 5.56 Å². The number of nitrogens with zero attached hydrogens (tertiary/aromatic N) is 2. The molecule has 0 N–H and O–H groups in total. The maximum atomic E-state index is 12.8. The summed E-state index contributed by atoms with van der Waals surface area (Å²) in [5.41, 5.74) is 2.52. The van der Waals surface area contributed by atoms with E-state index in [1.54, 1.807) is 31.2 Å². The molecule has 0 fully saturated rings. The lowest BCUT2D eigenvalue weighted by Crippen LogP contribution is -2.21. The molecule has 0 saturated carbocycles. The number of hydrazone groups is 1. The third-order valence-corrected chi connectivity index (χ3v) is 4.66. The molecule has 2 aliphatic heterocycles. The van der Waals surface area contributed by atoms with E-state index in [-0.39, 0.29) is 12.7 Å². The number of fused-ring (bicyclic) bond motifs is 1. The SMILES string of the molecule is CC1=NN(c2ccc(Cl)c(Cl)c2)C(=O)C1=Cc1ccc2c(c1)OCO2. The standard InChI is InChI=1S/C18H12Cl2N2O3/c1-10-13(6-11-2-5-16-17(7-11)25-9-24-16)18(23)22(21-10)12-3-4-14(19)15(20)8-12/h2-8H,9H2,1H3. The molecule has 0 unspecified atom stereocenters. The number of carbonyl (C=O) groups is 1. The van der Waals surface area contributed by atoms with E-state index < -0.39 is 0 Å². The van der Waals surface area contributed by atoms with Crippen molar-refractivity contribution in [2.24, 2.45) is 5.10 Å². The minimum absolute atomic E-state index is 0.208. The lowest BCUT2D eigenvalue weighted by atomic mass is 10.1. The van der Waals surface area contributed by atoms with Gasteiger partial charge in [-0.3, -0.25) is 4.79 Å². The normalized spacial score (nSPS) is 17.4. The Bertz CT molecular complexity index is 953. The molecule has 5 nitrogen and oxygen atoms in total. The van der Waals surface area contributed by atoms with Crippen LogP contribution in [0.4, 0.5) is 5.69 Å². The van der Waals surface area contributed by atoms with Gasteiger partial charge in [0.05, 0.1) is 27.0 Å². The van der Waals surface area contributed by atoms with Crippen molar-refractivity contribution >= 4 is 46.6 Å². The summed E-state index contributed by atoms with van der Waals surface area (Å²) in [5.74, 6) is 1.13. The zero-order valence-corrected chi connectivity index (χ0v) is 14.6. The molecule has 0 aliphatic carbocycles. The Kier molecular flexibility index (Phi) is 3.90. The first kappa shape index (κ1) is 16.0. The summed E-state index contributed by atoms with van der Waals surface area (Å²) in [6.45, 7) is 1.99. The molecule has 2 aliphatic rings. The first-order valence-corrected chi connectivity index (χ1v) is 8.25. The van der Waals surface area contributed by atoms with Crippen molar-refractivity contribution in [1.29, 1.82) is 0 Å². The number of amides is 1. The molecular formula is C18H12Cl2N2O3. The minimum atomic E-state index is -0.228. The predicted octanol–water partition coefficient (Wildman–Crippen LogP) is 4.53. The Balaban J connectivity index is 1.67. The molecule has 0 radical (unpaired) electrons. The van der Waals surface area contributed by atoms with Crippen LogP contribution in [-0.4, -0.2) is 18.4 Å². The molecule has 0 atom stereocenters. The summed E-state index contributed by atoms with van der Waals surface area (Å²) in [5, 5.41) is 6.44. The van der Waals surface area contributed by atoms with Crippen molar-refractivity contribution in [3.05, 3.63) is 57.6 Å². The Morgan fingerprint density at radius 1 is 1.08 bits per heavy atom. The van der Waals surface area contributed by atoms with Gasteiger partial charge < -0.3 is 9.47 Å². The van der Waals surface area contributed by atoms with E-state index in [0.29, 0.717) is 38.5 Å². The molecule has 126 valence electrons. The highest BCUT2D eigenvalue weighted by molar-refractivity contribution is 6.42. The van der Waals surface area contributed by atoms with Gasteiger partial charge in [0.15, 0.2) is 11.5 Å². The molecule has 0 bridgehead atoms. The molecule has 0 aromatic heterocycles. The van der Waals surface area contributed by atoms with E-state index in [9.17, 15) is 4.79 Å². The van der Waals surface area contributed by atoms with Crippen LogP contribution in [0, 0.1) is 0 Å². The fourth-order valence-corrected chi connectivity index (χ4v) is 2.94. The Morgan fingerprint density at radius 3 is 2.68 bits per heavy atom. The van der Waals surface area contributed by atoms with E-state index in [2.05, 4.69) is 5.10 Å². The Labute approximate surface area is 154 Å². The number of rotatable bonds is 2. The van der Waals surface area contributed by atoms with E-state index >= 15 is 0 Å². The third-order valence-electron chi connectivity index (χ3n) is 3.92. The fraction of sp³-hybridized carbons (Fsp3) is 0.111. The van der Waals surface area contributed by atoms with Crippen molar-refractivity contribution < 1.29 is 14.3 Å². The second-order valence-electron chi connectivity index (χ2n) is 5.57. The minimum Gasteiger partial charge on any atom is -0.454 e. The third kappa shape index (κ3) is 2.86. The highest BCUT2D eigenvalue weighted by Gasteiger charge is 2.29. The lowest BCUT2D eigenvalue weighted by molar-refractivity contribution is -0.114. The van der Waals surface area contributed by atoms with Crippen LogP contribution >= 0.6 is 23.2 Å². The first-order chi connectivity index (χ1) is 12.0. The smallest absolute Gasteiger partial charge is 0.280 e. The second kappa shape index (κ2) is 6.10. The van der Waals surface area contributed by atoms with Crippen molar-refractivity contribution in [3.63, 3.8) is 0 Å². The molecule has 4 rings (SSSR count). The van der Waals surface area contributed by atoms with Gasteiger partial charge in [-0.2, -0.15) is 10.1 Å². The van der Waals surface area contributed by atoms with Gasteiger partial charge in [-0.1, -0.05) is 29.3 Å². The summed E-state index contributed by atoms with van der Waals surface area (Å²) < 4.78 is 10.7. The van der Waals surface area contributed by atoms with Crippen LogP contribution in [0.2, 0.25) is 10.0 Å². The number of halogens is 2. The highest BCUT2D eigenvalue weighted by Crippen LogP contribution is 2.34. The van der Waals surface area contributed by atoms with Gasteiger partial charge in [-0.05, 0) is 48.9 Å². The van der Waals surface area contributed by atoms with Crippen LogP contribution in [-0.2, 0) is 4.79 Å². The molecule has 2 aromatic rings. The topological polar surface area (TPSA) is 51.1 Å². The van der Waals surface area contributed by atoms with E-state index in [1.165, 1.54) is 5.01 Å². The van der Waals surface area contributed by atoms with Crippen LogP contribution in [0.15, 0.2) is 47.1 Å². The van der Waals surface area contributed by atoms with Gasteiger partial charge in [0.1, 0.15) is 0 Å². The Morgan fingerprint density at radius 2 is 1.88 bits per heavy atom. The van der Waals surface area contributed by atoms with Crippen LogP contribution in [0.5, 0.6) is 11.5 Å². The molecule has 2 aromatic carbocycles. The number of benzene rings is 2. The summed E-state index contributed by atoms with van der Waals surface area (Å²) in [6, 6.07) is 10.5. The monoisotopic (exact) mass is 374 g/mol. The summed E-state index contributed by atoms with van der Waals surface area (Å²) in [6.07, 6.45) is 1.78. The maximum absolute atomic E-state index is 12.8. The number of hydrogen-bond acceptors (Lipinski definition) is 4. The van der Waals surface area contributed by atoms with Gasteiger partial charge >= 0.3 is 0 Å². The van der Waals surface area contributed by atoms with Crippen molar-refractivity contribution in [2.75, 3.05) is 11.8 Å². The van der Waals surface area contributed by atoms with E-state index in [4.69, 9.17) is 32.7 Å². The number of hydrogen-bond donors (Lipinski definition) is 0. The summed E-state index contributed by atoms with van der Waals surface area (Å²) >= 11 is 12.0. The average molecular weight is 375 g/mol. The lowest BCUT2D eigenvalue weighted by Gasteiger charge is -2.12. The Hall–Kier alpha value is -2.50.